The fourth-order valence-corrected chi connectivity index (χ4v) is 2.59. The van der Waals surface area contributed by atoms with Crippen LogP contribution in [0.2, 0.25) is 0 Å². The number of halogens is 1. The van der Waals surface area contributed by atoms with Crippen molar-refractivity contribution in [3.8, 4) is 0 Å². The maximum Gasteiger partial charge on any atom is 0.239 e. The number of hydrogen-bond acceptors (Lipinski definition) is 5. The Morgan fingerprint density at radius 3 is 2.76 bits per heavy atom. The van der Waals surface area contributed by atoms with Gasteiger partial charge in [0.05, 0.1) is 6.54 Å². The second kappa shape index (κ2) is 9.02. The van der Waals surface area contributed by atoms with E-state index in [2.05, 4.69) is 20.7 Å². The van der Waals surface area contributed by atoms with Crippen LogP contribution in [0.25, 0.3) is 0 Å². The summed E-state index contributed by atoms with van der Waals surface area (Å²) >= 11 is 0. The number of aryl methyl sites for hydroxylation is 1. The third-order valence-corrected chi connectivity index (χ3v) is 3.77. The molecule has 0 atom stereocenters. The van der Waals surface area contributed by atoms with Gasteiger partial charge in [0.15, 0.2) is 5.82 Å². The van der Waals surface area contributed by atoms with Crippen LogP contribution in [0, 0.1) is 12.8 Å². The molecule has 1 aromatic rings. The Morgan fingerprint density at radius 1 is 1.48 bits per heavy atom. The Bertz CT molecular complexity index is 430. The van der Waals surface area contributed by atoms with E-state index in [0.29, 0.717) is 18.1 Å². The molecular formula is C14H25ClN4O2. The number of aromatic nitrogens is 1. The number of amides is 1. The zero-order chi connectivity index (χ0) is 14.4. The van der Waals surface area contributed by atoms with Crippen LogP contribution in [0.4, 0.5) is 5.82 Å². The number of nitrogens with zero attached hydrogens (tertiary/aromatic N) is 2. The van der Waals surface area contributed by atoms with Crippen molar-refractivity contribution in [2.75, 3.05) is 38.5 Å². The number of carbonyl (C=O) groups is 1. The molecule has 2 rings (SSSR count). The summed E-state index contributed by atoms with van der Waals surface area (Å²) in [5.74, 6) is 1.97. The molecule has 0 aromatic carbocycles. The molecule has 0 unspecified atom stereocenters. The summed E-state index contributed by atoms with van der Waals surface area (Å²) in [6.45, 7) is 5.32. The predicted octanol–water partition coefficient (Wildman–Crippen LogP) is 1.66. The first-order chi connectivity index (χ1) is 9.67. The van der Waals surface area contributed by atoms with E-state index in [1.54, 1.807) is 13.0 Å². The SMILES string of the molecule is CNCCC1CCN(CC(=O)Nc2cc(C)on2)CC1.Cl. The minimum absolute atomic E-state index is 0. The molecule has 0 aliphatic carbocycles. The van der Waals surface area contributed by atoms with Crippen LogP contribution in [-0.4, -0.2) is 49.2 Å². The zero-order valence-corrected chi connectivity index (χ0v) is 13.5. The summed E-state index contributed by atoms with van der Waals surface area (Å²) < 4.78 is 4.92. The number of carbonyl (C=O) groups excluding carboxylic acids is 1. The second-order valence-electron chi connectivity index (χ2n) is 5.48. The Balaban J connectivity index is 0.00000220. The molecule has 6 nitrogen and oxygen atoms in total. The van der Waals surface area contributed by atoms with E-state index in [1.807, 2.05) is 7.05 Å². The smallest absolute Gasteiger partial charge is 0.239 e. The Labute approximate surface area is 132 Å². The molecule has 1 saturated heterocycles. The van der Waals surface area contributed by atoms with E-state index >= 15 is 0 Å². The molecule has 0 spiro atoms. The molecular weight excluding hydrogens is 292 g/mol. The van der Waals surface area contributed by atoms with Crippen molar-refractivity contribution in [2.24, 2.45) is 5.92 Å². The predicted molar refractivity (Wildman–Crippen MR) is 84.8 cm³/mol. The number of piperidine rings is 1. The van der Waals surface area contributed by atoms with Gasteiger partial charge in [-0.05, 0) is 58.8 Å². The summed E-state index contributed by atoms with van der Waals surface area (Å²) in [6.07, 6.45) is 3.59. The lowest BCUT2D eigenvalue weighted by Gasteiger charge is -2.31. The largest absolute Gasteiger partial charge is 0.360 e. The van der Waals surface area contributed by atoms with Gasteiger partial charge in [-0.25, -0.2) is 0 Å². The highest BCUT2D eigenvalue weighted by atomic mass is 35.5. The number of anilines is 1. The van der Waals surface area contributed by atoms with Crippen LogP contribution < -0.4 is 10.6 Å². The number of hydrogen-bond donors (Lipinski definition) is 2. The van der Waals surface area contributed by atoms with Crippen LogP contribution in [0.3, 0.4) is 0 Å². The van der Waals surface area contributed by atoms with Gasteiger partial charge in [0.2, 0.25) is 5.91 Å². The molecule has 2 N–H and O–H groups in total. The molecule has 1 aliphatic heterocycles. The van der Waals surface area contributed by atoms with E-state index in [0.717, 1.165) is 25.6 Å². The lowest BCUT2D eigenvalue weighted by atomic mass is 9.93. The highest BCUT2D eigenvalue weighted by molar-refractivity contribution is 5.91. The van der Waals surface area contributed by atoms with Crippen molar-refractivity contribution in [2.45, 2.75) is 26.2 Å². The van der Waals surface area contributed by atoms with Crippen LogP contribution in [0.15, 0.2) is 10.6 Å². The van der Waals surface area contributed by atoms with Crippen molar-refractivity contribution in [3.05, 3.63) is 11.8 Å². The maximum absolute atomic E-state index is 11.9. The number of rotatable bonds is 6. The summed E-state index contributed by atoms with van der Waals surface area (Å²) in [6, 6.07) is 1.72. The van der Waals surface area contributed by atoms with E-state index in [4.69, 9.17) is 4.52 Å². The van der Waals surface area contributed by atoms with Gasteiger partial charge in [-0.15, -0.1) is 12.4 Å². The standard InChI is InChI=1S/C14H24N4O2.ClH/c1-11-9-13(17-20-11)16-14(19)10-18-7-4-12(5-8-18)3-6-15-2;/h9,12,15H,3-8,10H2,1-2H3,(H,16,17,19);1H. The number of likely N-dealkylation sites (tertiary alicyclic amines) is 1. The minimum Gasteiger partial charge on any atom is -0.360 e. The van der Waals surface area contributed by atoms with Crippen LogP contribution in [-0.2, 0) is 4.79 Å². The van der Waals surface area contributed by atoms with Gasteiger partial charge < -0.3 is 15.2 Å². The zero-order valence-electron chi connectivity index (χ0n) is 12.7. The van der Waals surface area contributed by atoms with E-state index < -0.39 is 0 Å². The number of nitrogens with one attached hydrogen (secondary N) is 2. The molecule has 21 heavy (non-hydrogen) atoms. The Hall–Kier alpha value is -1.11. The molecule has 1 aromatic heterocycles. The fourth-order valence-electron chi connectivity index (χ4n) is 2.59. The Morgan fingerprint density at radius 2 is 2.19 bits per heavy atom. The van der Waals surface area contributed by atoms with E-state index in [-0.39, 0.29) is 18.3 Å². The first-order valence-corrected chi connectivity index (χ1v) is 7.27. The molecule has 1 fully saturated rings. The average molecular weight is 317 g/mol. The molecule has 120 valence electrons. The van der Waals surface area contributed by atoms with Crippen molar-refractivity contribution in [1.82, 2.24) is 15.4 Å². The maximum atomic E-state index is 11.9. The highest BCUT2D eigenvalue weighted by Crippen LogP contribution is 2.19. The topological polar surface area (TPSA) is 70.4 Å². The lowest BCUT2D eigenvalue weighted by Crippen LogP contribution is -2.39. The monoisotopic (exact) mass is 316 g/mol. The van der Waals surface area contributed by atoms with Gasteiger partial charge in [0.1, 0.15) is 5.76 Å². The molecule has 7 heteroatoms. The molecule has 2 heterocycles. The fraction of sp³-hybridized carbons (Fsp3) is 0.714. The lowest BCUT2D eigenvalue weighted by molar-refractivity contribution is -0.117. The van der Waals surface area contributed by atoms with Crippen molar-refractivity contribution >= 4 is 24.1 Å². The van der Waals surface area contributed by atoms with Gasteiger partial charge in [-0.3, -0.25) is 9.69 Å². The third kappa shape index (κ3) is 6.03. The van der Waals surface area contributed by atoms with Crippen LogP contribution in [0.5, 0.6) is 0 Å². The van der Waals surface area contributed by atoms with Gasteiger partial charge in [-0.1, -0.05) is 5.16 Å². The molecule has 0 radical (unpaired) electrons. The average Bonchev–Trinajstić information content (AvgIpc) is 2.83. The van der Waals surface area contributed by atoms with Crippen molar-refractivity contribution in [1.29, 1.82) is 0 Å². The van der Waals surface area contributed by atoms with E-state index in [9.17, 15) is 4.79 Å². The molecule has 1 amide bonds. The van der Waals surface area contributed by atoms with Gasteiger partial charge >= 0.3 is 0 Å². The first kappa shape index (κ1) is 17.9. The summed E-state index contributed by atoms with van der Waals surface area (Å²) in [7, 11) is 1.99. The van der Waals surface area contributed by atoms with Crippen molar-refractivity contribution < 1.29 is 9.32 Å². The molecule has 0 saturated carbocycles. The summed E-state index contributed by atoms with van der Waals surface area (Å²) in [4.78, 5) is 14.1. The van der Waals surface area contributed by atoms with Gasteiger partial charge in [0.25, 0.3) is 0 Å². The summed E-state index contributed by atoms with van der Waals surface area (Å²) in [5.41, 5.74) is 0. The quantitative estimate of drug-likeness (QED) is 0.835. The molecule has 1 aliphatic rings. The van der Waals surface area contributed by atoms with Gasteiger partial charge in [-0.2, -0.15) is 0 Å². The first-order valence-electron chi connectivity index (χ1n) is 7.27. The molecule has 0 bridgehead atoms. The van der Waals surface area contributed by atoms with E-state index in [1.165, 1.54) is 19.3 Å². The second-order valence-corrected chi connectivity index (χ2v) is 5.48. The van der Waals surface area contributed by atoms with Crippen molar-refractivity contribution in [3.63, 3.8) is 0 Å². The third-order valence-electron chi connectivity index (χ3n) is 3.77. The van der Waals surface area contributed by atoms with Crippen LogP contribution >= 0.6 is 12.4 Å². The summed E-state index contributed by atoms with van der Waals surface area (Å²) in [5, 5.41) is 9.72. The van der Waals surface area contributed by atoms with Crippen LogP contribution in [0.1, 0.15) is 25.0 Å². The Kier molecular flexibility index (Phi) is 7.71. The normalized spacial score (nSPS) is 16.5. The van der Waals surface area contributed by atoms with Gasteiger partial charge in [0, 0.05) is 6.07 Å². The minimum atomic E-state index is -0.0213. The highest BCUT2D eigenvalue weighted by Gasteiger charge is 2.20.